The molecule has 1 unspecified atom stereocenters. The summed E-state index contributed by atoms with van der Waals surface area (Å²) in [6.45, 7) is 6.29. The number of carbonyl (C=O) groups is 1. The third kappa shape index (κ3) is 5.85. The molecule has 0 bridgehead atoms. The van der Waals surface area contributed by atoms with E-state index in [2.05, 4.69) is 29.5 Å². The van der Waals surface area contributed by atoms with E-state index in [1.165, 1.54) is 6.42 Å². The second-order valence-electron chi connectivity index (χ2n) is 5.89. The van der Waals surface area contributed by atoms with E-state index >= 15 is 0 Å². The molecule has 2 N–H and O–H groups in total. The average Bonchev–Trinajstić information content (AvgIpc) is 3.03. The van der Waals surface area contributed by atoms with Gasteiger partial charge in [-0.25, -0.2) is 0 Å². The molecule has 0 aromatic carbocycles. The summed E-state index contributed by atoms with van der Waals surface area (Å²) in [5.74, 6) is 0.932. The molecule has 0 spiro atoms. The van der Waals surface area contributed by atoms with Crippen molar-refractivity contribution in [3.05, 3.63) is 0 Å². The van der Waals surface area contributed by atoms with Crippen molar-refractivity contribution < 1.29 is 4.79 Å². The Hall–Kier alpha value is -0.710. The van der Waals surface area contributed by atoms with Crippen LogP contribution in [0, 0.1) is 5.92 Å². The summed E-state index contributed by atoms with van der Waals surface area (Å²) in [6.07, 6.45) is 5.05. The summed E-state index contributed by atoms with van der Waals surface area (Å²) in [6, 6.07) is 0.479. The topological polar surface area (TPSA) is 53.5 Å². The number of nitrogens with one attached hydrogen (secondary N) is 2. The maximum absolute atomic E-state index is 11.5. The van der Waals surface area contributed by atoms with Crippen molar-refractivity contribution in [3.63, 3.8) is 0 Å². The fraction of sp³-hybridized carbons (Fsp3) is 0.857. The first kappa shape index (κ1) is 14.7. The van der Waals surface area contributed by atoms with E-state index in [9.17, 15) is 4.79 Å². The van der Waals surface area contributed by atoms with Crippen LogP contribution in [0.15, 0.2) is 4.99 Å². The van der Waals surface area contributed by atoms with Crippen LogP contribution in [0.25, 0.3) is 0 Å². The van der Waals surface area contributed by atoms with Crippen molar-refractivity contribution in [2.75, 3.05) is 13.1 Å². The van der Waals surface area contributed by atoms with Gasteiger partial charge >= 0.3 is 0 Å². The highest BCUT2D eigenvalue weighted by molar-refractivity contribution is 8.14. The van der Waals surface area contributed by atoms with Gasteiger partial charge in [-0.15, -0.1) is 0 Å². The van der Waals surface area contributed by atoms with Gasteiger partial charge in [0.2, 0.25) is 5.91 Å². The van der Waals surface area contributed by atoms with Gasteiger partial charge in [-0.2, -0.15) is 0 Å². The molecule has 108 valence electrons. The standard InChI is InChI=1S/C14H25N3OS/c1-10(2)8-12-9-16-14(19-12)15-7-3-4-13(18)17-11-5-6-11/h10-12H,3-9H2,1-2H3,(H,15,16)(H,17,18). The van der Waals surface area contributed by atoms with Crippen LogP contribution in [0.1, 0.15) is 46.0 Å². The van der Waals surface area contributed by atoms with Crippen LogP contribution in [0.4, 0.5) is 0 Å². The van der Waals surface area contributed by atoms with Gasteiger partial charge in [0, 0.05) is 24.3 Å². The van der Waals surface area contributed by atoms with Crippen molar-refractivity contribution in [2.45, 2.75) is 57.2 Å². The Morgan fingerprint density at radius 2 is 2.26 bits per heavy atom. The molecule has 1 heterocycles. The molecule has 0 saturated heterocycles. The average molecular weight is 283 g/mol. The number of thioether (sulfide) groups is 1. The lowest BCUT2D eigenvalue weighted by molar-refractivity contribution is -0.121. The predicted octanol–water partition coefficient (Wildman–Crippen LogP) is 2.15. The highest BCUT2D eigenvalue weighted by Gasteiger charge is 2.23. The highest BCUT2D eigenvalue weighted by atomic mass is 32.2. The fourth-order valence-corrected chi connectivity index (χ4v) is 3.42. The third-order valence-electron chi connectivity index (χ3n) is 3.25. The molecule has 0 aromatic rings. The van der Waals surface area contributed by atoms with Gasteiger partial charge in [-0.3, -0.25) is 9.79 Å². The lowest BCUT2D eigenvalue weighted by Gasteiger charge is -2.11. The van der Waals surface area contributed by atoms with E-state index in [-0.39, 0.29) is 5.91 Å². The lowest BCUT2D eigenvalue weighted by Crippen LogP contribution is -2.27. The zero-order chi connectivity index (χ0) is 13.7. The largest absolute Gasteiger partial charge is 0.365 e. The molecule has 1 saturated carbocycles. The molecule has 2 aliphatic rings. The van der Waals surface area contributed by atoms with E-state index < -0.39 is 0 Å². The Kier molecular flexibility index (Phi) is 5.55. The van der Waals surface area contributed by atoms with E-state index in [1.807, 2.05) is 11.8 Å². The van der Waals surface area contributed by atoms with Crippen molar-refractivity contribution in [1.82, 2.24) is 10.6 Å². The minimum atomic E-state index is 0.197. The zero-order valence-electron chi connectivity index (χ0n) is 11.9. The maximum atomic E-state index is 11.5. The Morgan fingerprint density at radius 3 is 2.95 bits per heavy atom. The van der Waals surface area contributed by atoms with Gasteiger partial charge in [0.1, 0.15) is 0 Å². The minimum absolute atomic E-state index is 0.197. The molecule has 1 amide bonds. The van der Waals surface area contributed by atoms with Crippen LogP contribution in [0.5, 0.6) is 0 Å². The van der Waals surface area contributed by atoms with E-state index in [0.29, 0.717) is 17.7 Å². The molecule has 1 atom stereocenters. The Labute approximate surface area is 120 Å². The third-order valence-corrected chi connectivity index (χ3v) is 4.42. The quantitative estimate of drug-likeness (QED) is 0.704. The van der Waals surface area contributed by atoms with Crippen LogP contribution >= 0.6 is 11.8 Å². The molecule has 0 aromatic heterocycles. The van der Waals surface area contributed by atoms with Gasteiger partial charge < -0.3 is 10.6 Å². The van der Waals surface area contributed by atoms with Crippen molar-refractivity contribution in [2.24, 2.45) is 10.9 Å². The number of hydrogen-bond donors (Lipinski definition) is 2. The summed E-state index contributed by atoms with van der Waals surface area (Å²) in [5, 5.41) is 8.05. The number of amides is 1. The molecule has 2 rings (SSSR count). The van der Waals surface area contributed by atoms with Gasteiger partial charge in [-0.1, -0.05) is 25.6 Å². The van der Waals surface area contributed by atoms with Gasteiger partial charge in [0.05, 0.1) is 6.54 Å². The Morgan fingerprint density at radius 1 is 1.47 bits per heavy atom. The van der Waals surface area contributed by atoms with Crippen LogP contribution in [0.3, 0.4) is 0 Å². The SMILES string of the molecule is CC(C)CC1CN=C(NCCCC(=O)NC2CC2)S1. The lowest BCUT2D eigenvalue weighted by atomic mass is 10.1. The molecule has 0 radical (unpaired) electrons. The number of nitrogens with zero attached hydrogens (tertiary/aromatic N) is 1. The molecule has 1 aliphatic carbocycles. The Bertz CT molecular complexity index is 340. The van der Waals surface area contributed by atoms with Crippen LogP contribution in [0.2, 0.25) is 0 Å². The smallest absolute Gasteiger partial charge is 0.220 e. The second kappa shape index (κ2) is 7.17. The first-order valence-corrected chi connectivity index (χ1v) is 8.26. The van der Waals surface area contributed by atoms with Gasteiger partial charge in [-0.05, 0) is 31.6 Å². The molecular weight excluding hydrogens is 258 g/mol. The second-order valence-corrected chi connectivity index (χ2v) is 7.18. The first-order valence-electron chi connectivity index (χ1n) is 7.38. The summed E-state index contributed by atoms with van der Waals surface area (Å²) < 4.78 is 0. The zero-order valence-corrected chi connectivity index (χ0v) is 12.8. The van der Waals surface area contributed by atoms with Crippen LogP contribution < -0.4 is 10.6 Å². The summed E-state index contributed by atoms with van der Waals surface area (Å²) in [7, 11) is 0. The molecule has 4 nitrogen and oxygen atoms in total. The fourth-order valence-electron chi connectivity index (χ4n) is 2.13. The summed E-state index contributed by atoms with van der Waals surface area (Å²) in [5.41, 5.74) is 0. The number of rotatable bonds is 7. The molecule has 19 heavy (non-hydrogen) atoms. The van der Waals surface area contributed by atoms with Crippen molar-refractivity contribution >= 4 is 22.8 Å². The van der Waals surface area contributed by atoms with E-state index in [4.69, 9.17) is 0 Å². The number of carbonyl (C=O) groups excluding carboxylic acids is 1. The number of amidine groups is 1. The highest BCUT2D eigenvalue weighted by Crippen LogP contribution is 2.25. The van der Waals surface area contributed by atoms with E-state index in [0.717, 1.165) is 43.4 Å². The molecule has 1 fully saturated rings. The predicted molar refractivity (Wildman–Crippen MR) is 81.5 cm³/mol. The van der Waals surface area contributed by atoms with Crippen molar-refractivity contribution in [3.8, 4) is 0 Å². The van der Waals surface area contributed by atoms with Gasteiger partial charge in [0.15, 0.2) is 5.17 Å². The van der Waals surface area contributed by atoms with Crippen LogP contribution in [-0.2, 0) is 4.79 Å². The summed E-state index contributed by atoms with van der Waals surface area (Å²) >= 11 is 1.86. The van der Waals surface area contributed by atoms with Crippen LogP contribution in [-0.4, -0.2) is 35.5 Å². The molecule has 5 heteroatoms. The van der Waals surface area contributed by atoms with E-state index in [1.54, 1.807) is 0 Å². The normalized spacial score (nSPS) is 22.5. The Balaban J connectivity index is 1.50. The summed E-state index contributed by atoms with van der Waals surface area (Å²) in [4.78, 5) is 16.0. The molecular formula is C14H25N3OS. The number of aliphatic imine (C=N–C) groups is 1. The first-order chi connectivity index (χ1) is 9.13. The molecule has 1 aliphatic heterocycles. The maximum Gasteiger partial charge on any atom is 0.220 e. The monoisotopic (exact) mass is 283 g/mol. The minimum Gasteiger partial charge on any atom is -0.365 e. The van der Waals surface area contributed by atoms with Gasteiger partial charge in [0.25, 0.3) is 0 Å². The van der Waals surface area contributed by atoms with Crippen molar-refractivity contribution in [1.29, 1.82) is 0 Å². The number of hydrogen-bond acceptors (Lipinski definition) is 4.